The average Bonchev–Trinajstić information content (AvgIpc) is 2.95. The van der Waals surface area contributed by atoms with Gasteiger partial charge in [-0.25, -0.2) is 4.98 Å². The summed E-state index contributed by atoms with van der Waals surface area (Å²) in [6, 6.07) is 9.81. The molecule has 1 aliphatic rings. The molecule has 0 bridgehead atoms. The van der Waals surface area contributed by atoms with Crippen molar-refractivity contribution in [3.05, 3.63) is 42.1 Å². The fraction of sp³-hybridized carbons (Fsp3) is 0.389. The first kappa shape index (κ1) is 16.2. The van der Waals surface area contributed by atoms with E-state index in [4.69, 9.17) is 0 Å². The summed E-state index contributed by atoms with van der Waals surface area (Å²) >= 11 is 0. The van der Waals surface area contributed by atoms with Gasteiger partial charge < -0.3 is 15.1 Å². The molecule has 1 amide bonds. The summed E-state index contributed by atoms with van der Waals surface area (Å²) in [7, 11) is 3.93. The van der Waals surface area contributed by atoms with E-state index in [0.717, 1.165) is 23.6 Å². The molecule has 1 fully saturated rings. The minimum absolute atomic E-state index is 0.173. The number of para-hydroxylation sites is 1. The Balaban J connectivity index is 1.62. The van der Waals surface area contributed by atoms with Gasteiger partial charge in [-0.2, -0.15) is 4.98 Å². The quantitative estimate of drug-likeness (QED) is 0.914. The average molecular weight is 325 g/mol. The second kappa shape index (κ2) is 6.86. The Morgan fingerprint density at radius 3 is 2.75 bits per heavy atom. The summed E-state index contributed by atoms with van der Waals surface area (Å²) in [5.41, 5.74) is 2.00. The fourth-order valence-corrected chi connectivity index (χ4v) is 2.98. The van der Waals surface area contributed by atoms with E-state index in [-0.39, 0.29) is 11.8 Å². The zero-order valence-electron chi connectivity index (χ0n) is 14.4. The second-order valence-electron chi connectivity index (χ2n) is 6.39. The van der Waals surface area contributed by atoms with Gasteiger partial charge in [-0.3, -0.25) is 4.79 Å². The second-order valence-corrected chi connectivity index (χ2v) is 6.39. The van der Waals surface area contributed by atoms with Crippen LogP contribution in [0.3, 0.4) is 0 Å². The number of benzene rings is 1. The van der Waals surface area contributed by atoms with Gasteiger partial charge in [0.15, 0.2) is 0 Å². The Kier molecular flexibility index (Phi) is 4.64. The number of hydrogen-bond acceptors (Lipinski definition) is 5. The van der Waals surface area contributed by atoms with Crippen LogP contribution in [-0.2, 0) is 4.79 Å². The first-order valence-electron chi connectivity index (χ1n) is 8.15. The maximum Gasteiger partial charge on any atom is 0.227 e. The molecule has 0 saturated carbocycles. The zero-order chi connectivity index (χ0) is 17.1. The van der Waals surface area contributed by atoms with Crippen LogP contribution in [0.5, 0.6) is 0 Å². The molecule has 6 nitrogen and oxygen atoms in total. The minimum atomic E-state index is 0.173. The molecule has 0 radical (unpaired) electrons. The van der Waals surface area contributed by atoms with Crippen molar-refractivity contribution in [1.82, 2.24) is 9.97 Å². The van der Waals surface area contributed by atoms with Gasteiger partial charge in [-0.05, 0) is 19.1 Å². The van der Waals surface area contributed by atoms with Gasteiger partial charge in [0.1, 0.15) is 5.82 Å². The molecule has 24 heavy (non-hydrogen) atoms. The SMILES string of the molecule is Cc1cnc(NCC2CC(=O)N(c3ccccc3)C2)nc1N(C)C. The monoisotopic (exact) mass is 325 g/mol. The highest BCUT2D eigenvalue weighted by Gasteiger charge is 2.30. The molecule has 3 rings (SSSR count). The molecule has 2 heterocycles. The van der Waals surface area contributed by atoms with Crippen LogP contribution < -0.4 is 15.1 Å². The lowest BCUT2D eigenvalue weighted by molar-refractivity contribution is -0.117. The van der Waals surface area contributed by atoms with Crippen LogP contribution >= 0.6 is 0 Å². The van der Waals surface area contributed by atoms with E-state index < -0.39 is 0 Å². The van der Waals surface area contributed by atoms with Gasteiger partial charge in [0.05, 0.1) is 0 Å². The third-order valence-corrected chi connectivity index (χ3v) is 4.19. The number of amides is 1. The molecule has 126 valence electrons. The van der Waals surface area contributed by atoms with Crippen molar-refractivity contribution in [2.24, 2.45) is 5.92 Å². The molecule has 1 N–H and O–H groups in total. The molecule has 6 heteroatoms. The molecule has 1 aliphatic heterocycles. The number of aromatic nitrogens is 2. The maximum atomic E-state index is 12.2. The van der Waals surface area contributed by atoms with Crippen LogP contribution in [0.25, 0.3) is 0 Å². The van der Waals surface area contributed by atoms with Gasteiger partial charge in [0.25, 0.3) is 0 Å². The number of carbonyl (C=O) groups excluding carboxylic acids is 1. The van der Waals surface area contributed by atoms with Gasteiger partial charge >= 0.3 is 0 Å². The molecular weight excluding hydrogens is 302 g/mol. The summed E-state index contributed by atoms with van der Waals surface area (Å²) in [6.45, 7) is 3.40. The summed E-state index contributed by atoms with van der Waals surface area (Å²) < 4.78 is 0. The van der Waals surface area contributed by atoms with E-state index in [9.17, 15) is 4.79 Å². The largest absolute Gasteiger partial charge is 0.362 e. The van der Waals surface area contributed by atoms with Gasteiger partial charge in [0.2, 0.25) is 11.9 Å². The fourth-order valence-electron chi connectivity index (χ4n) is 2.98. The molecule has 1 unspecified atom stereocenters. The van der Waals surface area contributed by atoms with Crippen molar-refractivity contribution in [1.29, 1.82) is 0 Å². The Bertz CT molecular complexity index is 717. The molecular formula is C18H23N5O. The lowest BCUT2D eigenvalue weighted by atomic mass is 10.1. The van der Waals surface area contributed by atoms with E-state index in [1.807, 2.05) is 67.3 Å². The highest BCUT2D eigenvalue weighted by molar-refractivity contribution is 5.95. The lowest BCUT2D eigenvalue weighted by Gasteiger charge is -2.17. The van der Waals surface area contributed by atoms with Crippen molar-refractivity contribution < 1.29 is 4.79 Å². The molecule has 1 saturated heterocycles. The lowest BCUT2D eigenvalue weighted by Crippen LogP contribution is -2.25. The number of carbonyl (C=O) groups is 1. The Morgan fingerprint density at radius 1 is 1.29 bits per heavy atom. The number of aryl methyl sites for hydroxylation is 1. The van der Waals surface area contributed by atoms with Crippen LogP contribution in [-0.4, -0.2) is 43.1 Å². The van der Waals surface area contributed by atoms with E-state index in [0.29, 0.717) is 18.9 Å². The van der Waals surface area contributed by atoms with Gasteiger partial charge in [-0.15, -0.1) is 0 Å². The molecule has 0 aliphatic carbocycles. The molecule has 1 aromatic carbocycles. The van der Waals surface area contributed by atoms with Crippen molar-refractivity contribution in [3.63, 3.8) is 0 Å². The zero-order valence-corrected chi connectivity index (χ0v) is 14.4. The standard InChI is InChI=1S/C18H23N5O/c1-13-10-19-18(21-17(13)22(2)3)20-11-14-9-16(24)23(12-14)15-7-5-4-6-8-15/h4-8,10,14H,9,11-12H2,1-3H3,(H,19,20,21). The smallest absolute Gasteiger partial charge is 0.227 e. The number of nitrogens with one attached hydrogen (secondary N) is 1. The summed E-state index contributed by atoms with van der Waals surface area (Å²) in [6.07, 6.45) is 2.37. The van der Waals surface area contributed by atoms with Crippen molar-refractivity contribution in [3.8, 4) is 0 Å². The van der Waals surface area contributed by atoms with E-state index >= 15 is 0 Å². The molecule has 0 spiro atoms. The summed E-state index contributed by atoms with van der Waals surface area (Å²) in [4.78, 5) is 24.9. The topological polar surface area (TPSA) is 61.4 Å². The van der Waals surface area contributed by atoms with E-state index in [1.165, 1.54) is 0 Å². The molecule has 1 aromatic heterocycles. The molecule has 2 aromatic rings. The first-order chi connectivity index (χ1) is 11.5. The third kappa shape index (κ3) is 3.48. The Morgan fingerprint density at radius 2 is 2.04 bits per heavy atom. The molecule has 1 atom stereocenters. The normalized spacial score (nSPS) is 17.2. The summed E-state index contributed by atoms with van der Waals surface area (Å²) in [5.74, 6) is 1.94. The first-order valence-corrected chi connectivity index (χ1v) is 8.15. The van der Waals surface area contributed by atoms with Crippen molar-refractivity contribution in [2.75, 3.05) is 42.3 Å². The van der Waals surface area contributed by atoms with Crippen molar-refractivity contribution >= 4 is 23.4 Å². The highest BCUT2D eigenvalue weighted by atomic mass is 16.2. The van der Waals surface area contributed by atoms with Gasteiger partial charge in [-0.1, -0.05) is 18.2 Å². The van der Waals surface area contributed by atoms with Crippen LogP contribution in [0.1, 0.15) is 12.0 Å². The predicted molar refractivity (Wildman–Crippen MR) is 96.5 cm³/mol. The van der Waals surface area contributed by atoms with Crippen LogP contribution in [0.4, 0.5) is 17.5 Å². The number of rotatable bonds is 5. The highest BCUT2D eigenvalue weighted by Crippen LogP contribution is 2.25. The number of anilines is 3. The van der Waals surface area contributed by atoms with Crippen LogP contribution in [0.2, 0.25) is 0 Å². The van der Waals surface area contributed by atoms with Crippen LogP contribution in [0, 0.1) is 12.8 Å². The number of nitrogens with zero attached hydrogens (tertiary/aromatic N) is 4. The third-order valence-electron chi connectivity index (χ3n) is 4.19. The Labute approximate surface area is 142 Å². The van der Waals surface area contributed by atoms with Crippen molar-refractivity contribution in [2.45, 2.75) is 13.3 Å². The minimum Gasteiger partial charge on any atom is -0.362 e. The van der Waals surface area contributed by atoms with Crippen LogP contribution in [0.15, 0.2) is 36.5 Å². The summed E-state index contributed by atoms with van der Waals surface area (Å²) in [5, 5.41) is 3.27. The number of hydrogen-bond donors (Lipinski definition) is 1. The van der Waals surface area contributed by atoms with Gasteiger partial charge in [0, 0.05) is 57.0 Å². The predicted octanol–water partition coefficient (Wildman–Crippen LogP) is 2.32. The maximum absolute atomic E-state index is 12.2. The van der Waals surface area contributed by atoms with E-state index in [1.54, 1.807) is 0 Å². The Hall–Kier alpha value is -2.63. The van der Waals surface area contributed by atoms with E-state index in [2.05, 4.69) is 15.3 Å².